The summed E-state index contributed by atoms with van der Waals surface area (Å²) in [5.41, 5.74) is 1.47. The summed E-state index contributed by atoms with van der Waals surface area (Å²) in [6.07, 6.45) is 7.77. The zero-order valence-corrected chi connectivity index (χ0v) is 17.5. The SMILES string of the molecule is C[C@@H](CCc1ccccc1)NC(=O)Cn1cccc(-c2nc(-c3cnccn3)no2)c1=O. The summed E-state index contributed by atoms with van der Waals surface area (Å²) in [5.74, 6) is 0.0464. The number of rotatable bonds is 8. The van der Waals surface area contributed by atoms with Gasteiger partial charge in [0.15, 0.2) is 0 Å². The molecule has 162 valence electrons. The third kappa shape index (κ3) is 5.12. The molecular formula is C23H22N6O3. The number of carbonyl (C=O) groups excluding carboxylic acids is 1. The average molecular weight is 430 g/mol. The number of hydrogen-bond acceptors (Lipinski definition) is 7. The van der Waals surface area contributed by atoms with Crippen LogP contribution < -0.4 is 10.9 Å². The van der Waals surface area contributed by atoms with Crippen molar-refractivity contribution in [3.8, 4) is 23.0 Å². The molecule has 0 radical (unpaired) electrons. The van der Waals surface area contributed by atoms with Crippen molar-refractivity contribution >= 4 is 5.91 Å². The molecule has 9 heteroatoms. The minimum Gasteiger partial charge on any atom is -0.352 e. The van der Waals surface area contributed by atoms with Crippen LogP contribution in [0, 0.1) is 0 Å². The van der Waals surface area contributed by atoms with Crippen molar-refractivity contribution in [1.29, 1.82) is 0 Å². The van der Waals surface area contributed by atoms with E-state index in [1.165, 1.54) is 28.7 Å². The van der Waals surface area contributed by atoms with Crippen LogP contribution in [-0.2, 0) is 17.8 Å². The molecule has 4 rings (SSSR count). The largest absolute Gasteiger partial charge is 0.352 e. The minimum atomic E-state index is -0.395. The lowest BCUT2D eigenvalue weighted by Crippen LogP contribution is -2.37. The molecule has 0 saturated carbocycles. The first kappa shape index (κ1) is 21.1. The van der Waals surface area contributed by atoms with E-state index >= 15 is 0 Å². The van der Waals surface area contributed by atoms with Crippen molar-refractivity contribution in [3.05, 3.63) is 83.2 Å². The smallest absolute Gasteiger partial charge is 0.263 e. The average Bonchev–Trinajstić information content (AvgIpc) is 3.30. The molecule has 3 aromatic heterocycles. The van der Waals surface area contributed by atoms with Gasteiger partial charge in [0.05, 0.1) is 6.20 Å². The maximum atomic E-state index is 12.9. The van der Waals surface area contributed by atoms with Crippen molar-refractivity contribution in [3.63, 3.8) is 0 Å². The van der Waals surface area contributed by atoms with E-state index in [9.17, 15) is 9.59 Å². The maximum Gasteiger partial charge on any atom is 0.263 e. The number of pyridine rings is 1. The van der Waals surface area contributed by atoms with Gasteiger partial charge in [-0.2, -0.15) is 4.98 Å². The highest BCUT2D eigenvalue weighted by atomic mass is 16.5. The zero-order valence-electron chi connectivity index (χ0n) is 17.5. The first-order valence-corrected chi connectivity index (χ1v) is 10.2. The van der Waals surface area contributed by atoms with Crippen LogP contribution in [-0.4, -0.2) is 36.6 Å². The van der Waals surface area contributed by atoms with Crippen LogP contribution in [0.2, 0.25) is 0 Å². The van der Waals surface area contributed by atoms with E-state index in [0.717, 1.165) is 12.8 Å². The highest BCUT2D eigenvalue weighted by Gasteiger charge is 2.17. The molecular weight excluding hydrogens is 408 g/mol. The van der Waals surface area contributed by atoms with Crippen LogP contribution in [0.1, 0.15) is 18.9 Å². The molecule has 0 saturated heterocycles. The molecule has 1 amide bonds. The third-order valence-electron chi connectivity index (χ3n) is 4.90. The Morgan fingerprint density at radius 3 is 2.78 bits per heavy atom. The number of aromatic nitrogens is 5. The molecule has 1 atom stereocenters. The second-order valence-corrected chi connectivity index (χ2v) is 7.36. The molecule has 32 heavy (non-hydrogen) atoms. The first-order chi connectivity index (χ1) is 15.6. The van der Waals surface area contributed by atoms with Gasteiger partial charge in [0.25, 0.3) is 11.4 Å². The Kier molecular flexibility index (Phi) is 6.45. The molecule has 4 aromatic rings. The summed E-state index contributed by atoms with van der Waals surface area (Å²) in [5, 5.41) is 6.81. The number of amides is 1. The monoisotopic (exact) mass is 430 g/mol. The Morgan fingerprint density at radius 2 is 2.00 bits per heavy atom. The summed E-state index contributed by atoms with van der Waals surface area (Å²) >= 11 is 0. The fraction of sp³-hybridized carbons (Fsp3) is 0.217. The quantitative estimate of drug-likeness (QED) is 0.456. The summed E-state index contributed by atoms with van der Waals surface area (Å²) in [4.78, 5) is 37.7. The van der Waals surface area contributed by atoms with Gasteiger partial charge in [0, 0.05) is 24.6 Å². The molecule has 0 aliphatic rings. The van der Waals surface area contributed by atoms with Gasteiger partial charge in [-0.05, 0) is 37.5 Å². The molecule has 0 aliphatic heterocycles. The first-order valence-electron chi connectivity index (χ1n) is 10.2. The molecule has 0 aliphatic carbocycles. The minimum absolute atomic E-state index is 0.0212. The van der Waals surface area contributed by atoms with E-state index in [0.29, 0.717) is 5.69 Å². The number of nitrogens with zero attached hydrogens (tertiary/aromatic N) is 5. The molecule has 9 nitrogen and oxygen atoms in total. The predicted molar refractivity (Wildman–Crippen MR) is 117 cm³/mol. The zero-order chi connectivity index (χ0) is 22.3. The van der Waals surface area contributed by atoms with Crippen LogP contribution in [0.3, 0.4) is 0 Å². The number of benzene rings is 1. The van der Waals surface area contributed by atoms with Gasteiger partial charge in [-0.3, -0.25) is 14.6 Å². The van der Waals surface area contributed by atoms with Gasteiger partial charge in [0.2, 0.25) is 11.7 Å². The van der Waals surface area contributed by atoms with Gasteiger partial charge in [-0.15, -0.1) is 0 Å². The van der Waals surface area contributed by atoms with Gasteiger partial charge < -0.3 is 14.4 Å². The number of hydrogen-bond donors (Lipinski definition) is 1. The second-order valence-electron chi connectivity index (χ2n) is 7.36. The van der Waals surface area contributed by atoms with Gasteiger partial charge >= 0.3 is 0 Å². The molecule has 0 spiro atoms. The Morgan fingerprint density at radius 1 is 1.16 bits per heavy atom. The second kappa shape index (κ2) is 9.78. The lowest BCUT2D eigenvalue weighted by atomic mass is 10.1. The predicted octanol–water partition coefficient (Wildman–Crippen LogP) is 2.49. The Bertz CT molecular complexity index is 1240. The van der Waals surface area contributed by atoms with Crippen molar-refractivity contribution in [2.75, 3.05) is 0 Å². The molecule has 3 heterocycles. The fourth-order valence-electron chi connectivity index (χ4n) is 3.25. The van der Waals surface area contributed by atoms with E-state index < -0.39 is 5.56 Å². The van der Waals surface area contributed by atoms with E-state index in [2.05, 4.69) is 37.6 Å². The Balaban J connectivity index is 1.41. The highest BCUT2D eigenvalue weighted by molar-refractivity contribution is 5.76. The summed E-state index contributed by atoms with van der Waals surface area (Å²) < 4.78 is 6.56. The van der Waals surface area contributed by atoms with Crippen molar-refractivity contribution in [1.82, 2.24) is 30.0 Å². The topological polar surface area (TPSA) is 116 Å². The standard InChI is InChI=1S/C23H22N6O3/c1-16(9-10-17-6-3-2-4-7-17)26-20(30)15-29-13-5-8-18(23(29)31)22-27-21(28-32-22)19-14-24-11-12-25-19/h2-8,11-14,16H,9-10,15H2,1H3,(H,26,30)/t16-/m0/s1. The summed E-state index contributed by atoms with van der Waals surface area (Å²) in [6.45, 7) is 1.85. The fourth-order valence-corrected chi connectivity index (χ4v) is 3.25. The molecule has 1 aromatic carbocycles. The highest BCUT2D eigenvalue weighted by Crippen LogP contribution is 2.17. The van der Waals surface area contributed by atoms with E-state index in [4.69, 9.17) is 4.52 Å². The number of carbonyl (C=O) groups is 1. The molecule has 0 bridgehead atoms. The van der Waals surface area contributed by atoms with Gasteiger partial charge in [0.1, 0.15) is 17.8 Å². The summed E-state index contributed by atoms with van der Waals surface area (Å²) in [6, 6.07) is 13.3. The van der Waals surface area contributed by atoms with Crippen molar-refractivity contribution in [2.45, 2.75) is 32.4 Å². The number of nitrogens with one attached hydrogen (secondary N) is 1. The lowest BCUT2D eigenvalue weighted by Gasteiger charge is -2.14. The van der Waals surface area contributed by atoms with Crippen LogP contribution in [0.25, 0.3) is 23.0 Å². The van der Waals surface area contributed by atoms with Gasteiger partial charge in [-0.1, -0.05) is 35.5 Å². The van der Waals surface area contributed by atoms with E-state index in [1.807, 2.05) is 25.1 Å². The van der Waals surface area contributed by atoms with E-state index in [-0.39, 0.29) is 35.8 Å². The molecule has 0 unspecified atom stereocenters. The lowest BCUT2D eigenvalue weighted by molar-refractivity contribution is -0.122. The molecule has 0 fully saturated rings. The van der Waals surface area contributed by atoms with Crippen LogP contribution >= 0.6 is 0 Å². The molecule has 1 N–H and O–H groups in total. The van der Waals surface area contributed by atoms with Gasteiger partial charge in [-0.25, -0.2) is 4.98 Å². The van der Waals surface area contributed by atoms with E-state index in [1.54, 1.807) is 18.3 Å². The van der Waals surface area contributed by atoms with Crippen LogP contribution in [0.5, 0.6) is 0 Å². The van der Waals surface area contributed by atoms with Crippen molar-refractivity contribution in [2.24, 2.45) is 0 Å². The van der Waals surface area contributed by atoms with Crippen molar-refractivity contribution < 1.29 is 9.32 Å². The Hall–Kier alpha value is -4.14. The van der Waals surface area contributed by atoms with Crippen LogP contribution in [0.4, 0.5) is 0 Å². The maximum absolute atomic E-state index is 12.9. The number of aryl methyl sites for hydroxylation is 1. The normalized spacial score (nSPS) is 11.8. The summed E-state index contributed by atoms with van der Waals surface area (Å²) in [7, 11) is 0. The third-order valence-corrected chi connectivity index (χ3v) is 4.90. The Labute approximate surface area is 184 Å². The van der Waals surface area contributed by atoms with Crippen LogP contribution in [0.15, 0.2) is 76.6 Å².